The highest BCUT2D eigenvalue weighted by atomic mass is 16.5. The Bertz CT molecular complexity index is 664. The SMILES string of the molecule is Cc1ccc(C(=O)NC(C)(COc2ccccc2)C(=O)O)o1. The molecule has 1 amide bonds. The number of rotatable bonds is 6. The number of para-hydroxylation sites is 1. The van der Waals surface area contributed by atoms with Crippen LogP contribution in [0.1, 0.15) is 23.2 Å². The zero-order chi connectivity index (χ0) is 16.2. The van der Waals surface area contributed by atoms with Crippen LogP contribution >= 0.6 is 0 Å². The number of ether oxygens (including phenoxy) is 1. The van der Waals surface area contributed by atoms with Gasteiger partial charge in [-0.2, -0.15) is 0 Å². The first-order chi connectivity index (χ1) is 10.4. The first-order valence-corrected chi connectivity index (χ1v) is 6.71. The van der Waals surface area contributed by atoms with Gasteiger partial charge in [0.2, 0.25) is 0 Å². The van der Waals surface area contributed by atoms with Crippen molar-refractivity contribution in [1.82, 2.24) is 5.32 Å². The fourth-order valence-electron chi connectivity index (χ4n) is 1.76. The standard InChI is InChI=1S/C16H17NO5/c1-11-8-9-13(22-11)14(18)17-16(2,15(19)20)10-21-12-6-4-3-5-7-12/h3-9H,10H2,1-2H3,(H,17,18)(H,19,20). The number of hydrogen-bond acceptors (Lipinski definition) is 4. The van der Waals surface area contributed by atoms with Crippen molar-refractivity contribution in [1.29, 1.82) is 0 Å². The molecule has 22 heavy (non-hydrogen) atoms. The molecule has 6 heteroatoms. The van der Waals surface area contributed by atoms with E-state index in [2.05, 4.69) is 5.32 Å². The Labute approximate surface area is 127 Å². The lowest BCUT2D eigenvalue weighted by molar-refractivity contribution is -0.145. The molecule has 0 aliphatic carbocycles. The molecule has 0 saturated carbocycles. The fourth-order valence-corrected chi connectivity index (χ4v) is 1.76. The number of furan rings is 1. The fraction of sp³-hybridized carbons (Fsp3) is 0.250. The van der Waals surface area contributed by atoms with Gasteiger partial charge in [0.15, 0.2) is 11.3 Å². The van der Waals surface area contributed by atoms with Gasteiger partial charge >= 0.3 is 5.97 Å². The molecule has 0 spiro atoms. The summed E-state index contributed by atoms with van der Waals surface area (Å²) < 4.78 is 10.6. The summed E-state index contributed by atoms with van der Waals surface area (Å²) in [5.41, 5.74) is -1.58. The smallest absolute Gasteiger partial charge is 0.332 e. The molecule has 1 aromatic heterocycles. The Morgan fingerprint density at radius 3 is 2.45 bits per heavy atom. The largest absolute Gasteiger partial charge is 0.491 e. The van der Waals surface area contributed by atoms with Crippen LogP contribution in [-0.2, 0) is 4.79 Å². The van der Waals surface area contributed by atoms with Gasteiger partial charge in [-0.25, -0.2) is 4.79 Å². The minimum Gasteiger partial charge on any atom is -0.491 e. The van der Waals surface area contributed by atoms with Crippen LogP contribution in [0.2, 0.25) is 0 Å². The normalized spacial score (nSPS) is 13.2. The molecule has 1 aromatic carbocycles. The Morgan fingerprint density at radius 2 is 1.91 bits per heavy atom. The zero-order valence-corrected chi connectivity index (χ0v) is 12.3. The number of amides is 1. The van der Waals surface area contributed by atoms with Crippen LogP contribution < -0.4 is 10.1 Å². The van der Waals surface area contributed by atoms with E-state index in [1.807, 2.05) is 6.07 Å². The lowest BCUT2D eigenvalue weighted by Gasteiger charge is -2.25. The lowest BCUT2D eigenvalue weighted by Crippen LogP contribution is -2.56. The third-order valence-corrected chi connectivity index (χ3v) is 3.10. The summed E-state index contributed by atoms with van der Waals surface area (Å²) >= 11 is 0. The molecule has 0 aliphatic rings. The van der Waals surface area contributed by atoms with Crippen LogP contribution in [0.5, 0.6) is 5.75 Å². The van der Waals surface area contributed by atoms with E-state index < -0.39 is 17.4 Å². The number of carbonyl (C=O) groups is 2. The van der Waals surface area contributed by atoms with E-state index in [9.17, 15) is 14.7 Å². The minimum absolute atomic E-state index is 0.0599. The van der Waals surface area contributed by atoms with Crippen molar-refractivity contribution in [3.63, 3.8) is 0 Å². The van der Waals surface area contributed by atoms with E-state index in [-0.39, 0.29) is 12.4 Å². The first kappa shape index (κ1) is 15.6. The van der Waals surface area contributed by atoms with E-state index in [0.717, 1.165) is 0 Å². The summed E-state index contributed by atoms with van der Waals surface area (Å²) in [5.74, 6) is -0.639. The molecule has 0 radical (unpaired) electrons. The predicted octanol–water partition coefficient (Wildman–Crippen LogP) is 2.24. The van der Waals surface area contributed by atoms with Crippen molar-refractivity contribution >= 4 is 11.9 Å². The molecule has 2 rings (SSSR count). The average molecular weight is 303 g/mol. The van der Waals surface area contributed by atoms with Gasteiger partial charge in [0.05, 0.1) is 0 Å². The maximum atomic E-state index is 12.1. The van der Waals surface area contributed by atoms with Crippen molar-refractivity contribution in [2.75, 3.05) is 6.61 Å². The van der Waals surface area contributed by atoms with E-state index in [1.165, 1.54) is 13.0 Å². The summed E-state index contributed by atoms with van der Waals surface area (Å²) in [6, 6.07) is 11.9. The maximum Gasteiger partial charge on any atom is 0.332 e. The van der Waals surface area contributed by atoms with Gasteiger partial charge in [0, 0.05) is 0 Å². The topological polar surface area (TPSA) is 88.8 Å². The number of nitrogens with one attached hydrogen (secondary N) is 1. The van der Waals surface area contributed by atoms with Crippen molar-refractivity contribution < 1.29 is 23.8 Å². The molecule has 116 valence electrons. The van der Waals surface area contributed by atoms with Crippen molar-refractivity contribution in [2.24, 2.45) is 0 Å². The monoisotopic (exact) mass is 303 g/mol. The maximum absolute atomic E-state index is 12.1. The van der Waals surface area contributed by atoms with Crippen LogP contribution in [0.3, 0.4) is 0 Å². The van der Waals surface area contributed by atoms with E-state index in [0.29, 0.717) is 11.5 Å². The Balaban J connectivity index is 2.07. The molecular weight excluding hydrogens is 286 g/mol. The van der Waals surface area contributed by atoms with Crippen molar-refractivity contribution in [3.05, 3.63) is 54.0 Å². The van der Waals surface area contributed by atoms with Crippen molar-refractivity contribution in [2.45, 2.75) is 19.4 Å². The number of aliphatic carboxylic acids is 1. The Kier molecular flexibility index (Phi) is 4.50. The van der Waals surface area contributed by atoms with Gasteiger partial charge < -0.3 is 19.6 Å². The molecule has 2 N–H and O–H groups in total. The van der Waals surface area contributed by atoms with Crippen LogP contribution in [0.15, 0.2) is 46.9 Å². The quantitative estimate of drug-likeness (QED) is 0.854. The Hall–Kier alpha value is -2.76. The summed E-state index contributed by atoms with van der Waals surface area (Å²) in [6.45, 7) is 2.87. The molecular formula is C16H17NO5. The second-order valence-corrected chi connectivity index (χ2v) is 5.10. The lowest BCUT2D eigenvalue weighted by atomic mass is 10.0. The molecule has 1 atom stereocenters. The van der Waals surface area contributed by atoms with Gasteiger partial charge in [-0.3, -0.25) is 4.79 Å². The molecule has 0 fully saturated rings. The predicted molar refractivity (Wildman–Crippen MR) is 78.9 cm³/mol. The number of aryl methyl sites for hydroxylation is 1. The van der Waals surface area contributed by atoms with Gasteiger partial charge in [0.1, 0.15) is 18.1 Å². The molecule has 6 nitrogen and oxygen atoms in total. The molecule has 0 aliphatic heterocycles. The number of carbonyl (C=O) groups excluding carboxylic acids is 1. The highest BCUT2D eigenvalue weighted by molar-refractivity contribution is 5.95. The summed E-state index contributed by atoms with van der Waals surface area (Å²) in [5, 5.41) is 11.8. The molecule has 0 bridgehead atoms. The first-order valence-electron chi connectivity index (χ1n) is 6.71. The zero-order valence-electron chi connectivity index (χ0n) is 12.3. The summed E-state index contributed by atoms with van der Waals surface area (Å²) in [6.07, 6.45) is 0. The molecule has 1 unspecified atom stereocenters. The highest BCUT2D eigenvalue weighted by Gasteiger charge is 2.37. The molecule has 1 heterocycles. The van der Waals surface area contributed by atoms with Crippen LogP contribution in [0.25, 0.3) is 0 Å². The average Bonchev–Trinajstić information content (AvgIpc) is 2.93. The van der Waals surface area contributed by atoms with Gasteiger partial charge in [-0.05, 0) is 38.1 Å². The summed E-state index contributed by atoms with van der Waals surface area (Å²) in [7, 11) is 0. The van der Waals surface area contributed by atoms with Crippen LogP contribution in [0, 0.1) is 6.92 Å². The number of benzene rings is 1. The highest BCUT2D eigenvalue weighted by Crippen LogP contribution is 2.14. The molecule has 0 saturated heterocycles. The van der Waals surface area contributed by atoms with Gasteiger partial charge in [-0.15, -0.1) is 0 Å². The van der Waals surface area contributed by atoms with E-state index >= 15 is 0 Å². The van der Waals surface area contributed by atoms with Gasteiger partial charge in [0.25, 0.3) is 5.91 Å². The van der Waals surface area contributed by atoms with Crippen LogP contribution in [-0.4, -0.2) is 29.1 Å². The summed E-state index contributed by atoms with van der Waals surface area (Å²) in [4.78, 5) is 23.6. The second-order valence-electron chi connectivity index (χ2n) is 5.10. The number of carboxylic acids is 1. The van der Waals surface area contributed by atoms with E-state index in [1.54, 1.807) is 37.3 Å². The minimum atomic E-state index is -1.58. The molecule has 2 aromatic rings. The number of carboxylic acid groups (broad SMARTS) is 1. The Morgan fingerprint density at radius 1 is 1.23 bits per heavy atom. The third kappa shape index (κ3) is 3.66. The number of hydrogen-bond donors (Lipinski definition) is 2. The van der Waals surface area contributed by atoms with E-state index in [4.69, 9.17) is 9.15 Å². The third-order valence-electron chi connectivity index (χ3n) is 3.10. The van der Waals surface area contributed by atoms with Gasteiger partial charge in [-0.1, -0.05) is 18.2 Å². The van der Waals surface area contributed by atoms with Crippen LogP contribution in [0.4, 0.5) is 0 Å². The second kappa shape index (κ2) is 6.34. The van der Waals surface area contributed by atoms with Crippen molar-refractivity contribution in [3.8, 4) is 5.75 Å².